The predicted octanol–water partition coefficient (Wildman–Crippen LogP) is 3.92. The Balaban J connectivity index is 2.41. The molecule has 1 aliphatic rings. The highest BCUT2D eigenvalue weighted by Gasteiger charge is 2.30. The molecule has 1 heterocycles. The Morgan fingerprint density at radius 1 is 1.35 bits per heavy atom. The van der Waals surface area contributed by atoms with E-state index in [4.69, 9.17) is 11.6 Å². The summed E-state index contributed by atoms with van der Waals surface area (Å²) in [5.41, 5.74) is 1.73. The second-order valence-electron chi connectivity index (χ2n) is 5.45. The van der Waals surface area contributed by atoms with Crippen molar-refractivity contribution >= 4 is 37.6 Å². The average Bonchev–Trinajstić information content (AvgIpc) is 2.42. The van der Waals surface area contributed by atoms with Crippen molar-refractivity contribution in [3.05, 3.63) is 27.7 Å². The van der Waals surface area contributed by atoms with E-state index in [1.54, 1.807) is 10.4 Å². The molecule has 3 nitrogen and oxygen atoms in total. The maximum Gasteiger partial charge on any atom is 0.244 e. The smallest absolute Gasteiger partial charge is 0.207 e. The topological polar surface area (TPSA) is 37.4 Å². The summed E-state index contributed by atoms with van der Waals surface area (Å²) in [4.78, 5) is 0.336. The van der Waals surface area contributed by atoms with Gasteiger partial charge in [-0.3, -0.25) is 0 Å². The number of benzene rings is 1. The monoisotopic (exact) mass is 379 g/mol. The van der Waals surface area contributed by atoms with Gasteiger partial charge in [-0.1, -0.05) is 13.0 Å². The van der Waals surface area contributed by atoms with Gasteiger partial charge in [0.15, 0.2) is 0 Å². The molecule has 1 fully saturated rings. The van der Waals surface area contributed by atoms with Gasteiger partial charge in [-0.2, -0.15) is 4.31 Å². The molecule has 1 aliphatic heterocycles. The van der Waals surface area contributed by atoms with Gasteiger partial charge in [0, 0.05) is 23.4 Å². The van der Waals surface area contributed by atoms with Crippen LogP contribution in [0.3, 0.4) is 0 Å². The summed E-state index contributed by atoms with van der Waals surface area (Å²) in [6.45, 7) is 5.25. The molecule has 112 valence electrons. The van der Waals surface area contributed by atoms with Crippen molar-refractivity contribution in [1.29, 1.82) is 0 Å². The molecule has 0 amide bonds. The van der Waals surface area contributed by atoms with E-state index < -0.39 is 10.0 Å². The number of hydrogen-bond acceptors (Lipinski definition) is 2. The first kappa shape index (κ1) is 16.3. The molecule has 1 saturated heterocycles. The minimum absolute atomic E-state index is 0.313. The number of sulfonamides is 1. The van der Waals surface area contributed by atoms with Gasteiger partial charge in [0.05, 0.1) is 4.90 Å². The Hall–Kier alpha value is -0.100. The lowest BCUT2D eigenvalue weighted by atomic mass is 10.0. The molecular weight excluding hydrogens is 362 g/mol. The highest BCUT2D eigenvalue weighted by molar-refractivity contribution is 9.10. The highest BCUT2D eigenvalue weighted by Crippen LogP contribution is 2.32. The number of aryl methyl sites for hydroxylation is 1. The van der Waals surface area contributed by atoms with E-state index in [1.165, 1.54) is 0 Å². The molecular formula is C14H19BrClNO2S. The van der Waals surface area contributed by atoms with Gasteiger partial charge < -0.3 is 0 Å². The standard InChI is InChI=1S/C14H19BrClNO2S/c1-10-3-5-17(6-4-10)20(18,19)13-8-12(9-16)7-11(2)14(13)15/h7-8,10H,3-6,9H2,1-2H3. The summed E-state index contributed by atoms with van der Waals surface area (Å²) >= 11 is 9.26. The molecule has 0 bridgehead atoms. The van der Waals surface area contributed by atoms with Gasteiger partial charge in [0.25, 0.3) is 0 Å². The van der Waals surface area contributed by atoms with E-state index in [0.29, 0.717) is 34.3 Å². The fourth-order valence-corrected chi connectivity index (χ4v) is 5.09. The van der Waals surface area contributed by atoms with Crippen LogP contribution in [0.25, 0.3) is 0 Å². The lowest BCUT2D eigenvalue weighted by Crippen LogP contribution is -2.38. The van der Waals surface area contributed by atoms with Crippen LogP contribution in [0.2, 0.25) is 0 Å². The third-order valence-electron chi connectivity index (χ3n) is 3.80. The fraction of sp³-hybridized carbons (Fsp3) is 0.571. The zero-order chi connectivity index (χ0) is 14.9. The average molecular weight is 381 g/mol. The van der Waals surface area contributed by atoms with Gasteiger partial charge in [-0.15, -0.1) is 11.6 Å². The molecule has 20 heavy (non-hydrogen) atoms. The quantitative estimate of drug-likeness (QED) is 0.745. The number of nitrogens with zero attached hydrogens (tertiary/aromatic N) is 1. The molecule has 0 atom stereocenters. The summed E-state index contributed by atoms with van der Waals surface area (Å²) in [5.74, 6) is 0.911. The molecule has 0 aliphatic carbocycles. The van der Waals surface area contributed by atoms with E-state index in [9.17, 15) is 8.42 Å². The van der Waals surface area contributed by atoms with Crippen LogP contribution in [0.4, 0.5) is 0 Å². The summed E-state index contributed by atoms with van der Waals surface area (Å²) < 4.78 is 27.8. The number of rotatable bonds is 3. The zero-order valence-corrected chi connectivity index (χ0v) is 14.9. The number of hydrogen-bond donors (Lipinski definition) is 0. The first-order chi connectivity index (χ1) is 9.36. The van der Waals surface area contributed by atoms with Crippen LogP contribution in [0.1, 0.15) is 30.9 Å². The highest BCUT2D eigenvalue weighted by atomic mass is 79.9. The van der Waals surface area contributed by atoms with Crippen LogP contribution >= 0.6 is 27.5 Å². The number of halogens is 2. The molecule has 0 N–H and O–H groups in total. The van der Waals surface area contributed by atoms with Crippen LogP contribution in [0.15, 0.2) is 21.5 Å². The largest absolute Gasteiger partial charge is 0.244 e. The first-order valence-electron chi connectivity index (χ1n) is 6.71. The van der Waals surface area contributed by atoms with Crippen LogP contribution in [0, 0.1) is 12.8 Å². The van der Waals surface area contributed by atoms with Gasteiger partial charge in [0.1, 0.15) is 0 Å². The molecule has 0 aromatic heterocycles. The second kappa shape index (κ2) is 6.34. The Kier molecular flexibility index (Phi) is 5.16. The SMILES string of the molecule is Cc1cc(CCl)cc(S(=O)(=O)N2CCC(C)CC2)c1Br. The van der Waals surface area contributed by atoms with Crippen molar-refractivity contribution in [2.24, 2.45) is 5.92 Å². The van der Waals surface area contributed by atoms with Gasteiger partial charge in [-0.05, 0) is 58.8 Å². The molecule has 0 spiro atoms. The molecule has 0 saturated carbocycles. The van der Waals surface area contributed by atoms with Gasteiger partial charge >= 0.3 is 0 Å². The third-order valence-corrected chi connectivity index (χ3v) is 7.34. The minimum Gasteiger partial charge on any atom is -0.207 e. The zero-order valence-electron chi connectivity index (χ0n) is 11.7. The van der Waals surface area contributed by atoms with E-state index in [1.807, 2.05) is 13.0 Å². The third kappa shape index (κ3) is 3.21. The van der Waals surface area contributed by atoms with Crippen molar-refractivity contribution in [1.82, 2.24) is 4.31 Å². The molecule has 1 aromatic rings. The van der Waals surface area contributed by atoms with Gasteiger partial charge in [0.2, 0.25) is 10.0 Å². The van der Waals surface area contributed by atoms with E-state index in [0.717, 1.165) is 24.0 Å². The van der Waals surface area contributed by atoms with E-state index in [2.05, 4.69) is 22.9 Å². The molecule has 0 radical (unpaired) electrons. The normalized spacial score (nSPS) is 18.4. The Morgan fingerprint density at radius 3 is 2.50 bits per heavy atom. The van der Waals surface area contributed by atoms with Crippen LogP contribution in [-0.2, 0) is 15.9 Å². The Labute approximate surface area is 134 Å². The maximum absolute atomic E-state index is 12.8. The lowest BCUT2D eigenvalue weighted by molar-refractivity contribution is 0.288. The van der Waals surface area contributed by atoms with Crippen LogP contribution in [0.5, 0.6) is 0 Å². The number of piperidine rings is 1. The van der Waals surface area contributed by atoms with Crippen molar-refractivity contribution in [3.8, 4) is 0 Å². The lowest BCUT2D eigenvalue weighted by Gasteiger charge is -2.30. The Bertz CT molecular complexity index is 595. The van der Waals surface area contributed by atoms with Gasteiger partial charge in [-0.25, -0.2) is 8.42 Å². The van der Waals surface area contributed by atoms with Crippen LogP contribution < -0.4 is 0 Å². The van der Waals surface area contributed by atoms with Crippen molar-refractivity contribution < 1.29 is 8.42 Å². The molecule has 1 aromatic carbocycles. The van der Waals surface area contributed by atoms with Crippen LogP contribution in [-0.4, -0.2) is 25.8 Å². The Morgan fingerprint density at radius 2 is 1.95 bits per heavy atom. The summed E-state index contributed by atoms with van der Waals surface area (Å²) in [7, 11) is -3.44. The first-order valence-corrected chi connectivity index (χ1v) is 9.48. The molecule has 0 unspecified atom stereocenters. The van der Waals surface area contributed by atoms with Crippen molar-refractivity contribution in [3.63, 3.8) is 0 Å². The van der Waals surface area contributed by atoms with E-state index in [-0.39, 0.29) is 0 Å². The predicted molar refractivity (Wildman–Crippen MR) is 85.6 cm³/mol. The van der Waals surface area contributed by atoms with Crippen molar-refractivity contribution in [2.45, 2.75) is 37.5 Å². The molecule has 6 heteroatoms. The fourth-order valence-electron chi connectivity index (χ4n) is 2.44. The molecule has 2 rings (SSSR count). The minimum atomic E-state index is -3.44. The maximum atomic E-state index is 12.8. The van der Waals surface area contributed by atoms with E-state index >= 15 is 0 Å². The summed E-state index contributed by atoms with van der Waals surface area (Å²) in [5, 5.41) is 0. The second-order valence-corrected chi connectivity index (χ2v) is 8.41. The number of alkyl halides is 1. The summed E-state index contributed by atoms with van der Waals surface area (Å²) in [6, 6.07) is 3.59. The summed E-state index contributed by atoms with van der Waals surface area (Å²) in [6.07, 6.45) is 1.84. The van der Waals surface area contributed by atoms with Crippen molar-refractivity contribution in [2.75, 3.05) is 13.1 Å².